The van der Waals surface area contributed by atoms with Crippen molar-refractivity contribution in [2.24, 2.45) is 0 Å². The monoisotopic (exact) mass is 256 g/mol. The summed E-state index contributed by atoms with van der Waals surface area (Å²) in [6.45, 7) is 2.14. The van der Waals surface area contributed by atoms with Crippen LogP contribution in [0.25, 0.3) is 0 Å². The highest BCUT2D eigenvalue weighted by molar-refractivity contribution is 8.00. The second kappa shape index (κ2) is 6.87. The highest BCUT2D eigenvalue weighted by atomic mass is 32.2. The third-order valence-electron chi connectivity index (χ3n) is 3.08. The van der Waals surface area contributed by atoms with Crippen LogP contribution in [0.4, 0.5) is 0 Å². The molecule has 0 aliphatic heterocycles. The molecule has 1 amide bonds. The van der Waals surface area contributed by atoms with Crippen LogP contribution >= 0.6 is 11.8 Å². The molecule has 1 aliphatic carbocycles. The van der Waals surface area contributed by atoms with Gasteiger partial charge in [0.25, 0.3) is 0 Å². The summed E-state index contributed by atoms with van der Waals surface area (Å²) in [5, 5.41) is 21.0. The number of rotatable bonds is 6. The fourth-order valence-corrected chi connectivity index (χ4v) is 2.81. The lowest BCUT2D eigenvalue weighted by Gasteiger charge is -2.22. The molecule has 96 valence electrons. The van der Waals surface area contributed by atoms with E-state index in [2.05, 4.69) is 11.4 Å². The molecule has 1 fully saturated rings. The van der Waals surface area contributed by atoms with E-state index in [1.807, 2.05) is 6.92 Å². The Morgan fingerprint density at radius 3 is 2.76 bits per heavy atom. The van der Waals surface area contributed by atoms with E-state index in [4.69, 9.17) is 10.4 Å². The van der Waals surface area contributed by atoms with Crippen molar-refractivity contribution in [1.29, 1.82) is 5.26 Å². The van der Waals surface area contributed by atoms with Gasteiger partial charge in [-0.05, 0) is 32.1 Å². The van der Waals surface area contributed by atoms with E-state index in [1.54, 1.807) is 0 Å². The molecule has 5 heteroatoms. The Morgan fingerprint density at radius 2 is 2.24 bits per heavy atom. The molecule has 0 bridgehead atoms. The number of nitrogens with zero attached hydrogens (tertiary/aromatic N) is 1. The predicted molar refractivity (Wildman–Crippen MR) is 68.6 cm³/mol. The Morgan fingerprint density at radius 1 is 1.59 bits per heavy atom. The average Bonchev–Trinajstić information content (AvgIpc) is 2.76. The van der Waals surface area contributed by atoms with Gasteiger partial charge in [-0.3, -0.25) is 4.79 Å². The Hall–Kier alpha value is -0.730. The van der Waals surface area contributed by atoms with Crippen LogP contribution in [-0.2, 0) is 4.79 Å². The van der Waals surface area contributed by atoms with Crippen molar-refractivity contribution in [3.63, 3.8) is 0 Å². The van der Waals surface area contributed by atoms with E-state index in [0.717, 1.165) is 25.7 Å². The third-order valence-corrected chi connectivity index (χ3v) is 4.32. The number of thioether (sulfide) groups is 1. The van der Waals surface area contributed by atoms with Crippen LogP contribution in [0.1, 0.15) is 39.0 Å². The van der Waals surface area contributed by atoms with E-state index in [1.165, 1.54) is 11.8 Å². The smallest absolute Gasteiger partial charge is 0.231 e. The van der Waals surface area contributed by atoms with Gasteiger partial charge >= 0.3 is 0 Å². The summed E-state index contributed by atoms with van der Waals surface area (Å²) in [6, 6.07) is 2.24. The van der Waals surface area contributed by atoms with Crippen LogP contribution in [-0.4, -0.2) is 34.2 Å². The normalized spacial score (nSPS) is 19.6. The molecular weight excluding hydrogens is 236 g/mol. The fraction of sp³-hybridized carbons (Fsp3) is 0.833. The second-order valence-electron chi connectivity index (χ2n) is 4.58. The minimum absolute atomic E-state index is 0.0664. The molecule has 0 spiro atoms. The molecule has 0 heterocycles. The van der Waals surface area contributed by atoms with Crippen LogP contribution in [0.5, 0.6) is 0 Å². The molecule has 0 aromatic carbocycles. The Bertz CT molecular complexity index is 295. The zero-order valence-electron chi connectivity index (χ0n) is 10.2. The first-order chi connectivity index (χ1) is 8.12. The van der Waals surface area contributed by atoms with Gasteiger partial charge < -0.3 is 10.4 Å². The summed E-state index contributed by atoms with van der Waals surface area (Å²) in [5.41, 5.74) is -0.613. The summed E-state index contributed by atoms with van der Waals surface area (Å²) in [7, 11) is 0. The standard InChI is InChI=1S/C12H20N2O2S/c1-10(4-7-15)17-8-11(16)14-12(9-13)5-2-3-6-12/h10,15H,2-8H2,1H3,(H,14,16). The number of nitriles is 1. The van der Waals surface area contributed by atoms with E-state index in [0.29, 0.717) is 12.2 Å². The molecule has 1 saturated carbocycles. The van der Waals surface area contributed by atoms with Crippen molar-refractivity contribution in [3.05, 3.63) is 0 Å². The molecule has 1 unspecified atom stereocenters. The summed E-state index contributed by atoms with van der Waals surface area (Å²) in [5.74, 6) is 0.299. The molecule has 0 saturated heterocycles. The van der Waals surface area contributed by atoms with Crippen molar-refractivity contribution in [1.82, 2.24) is 5.32 Å². The van der Waals surface area contributed by atoms with Gasteiger partial charge in [-0.1, -0.05) is 6.92 Å². The van der Waals surface area contributed by atoms with Gasteiger partial charge in [-0.2, -0.15) is 5.26 Å². The SMILES string of the molecule is CC(CCO)SCC(=O)NC1(C#N)CCCC1. The molecule has 17 heavy (non-hydrogen) atoms. The van der Waals surface area contributed by atoms with Crippen molar-refractivity contribution >= 4 is 17.7 Å². The van der Waals surface area contributed by atoms with Crippen molar-refractivity contribution in [2.75, 3.05) is 12.4 Å². The van der Waals surface area contributed by atoms with Crippen molar-refractivity contribution in [2.45, 2.75) is 49.8 Å². The first kappa shape index (κ1) is 14.3. The lowest BCUT2D eigenvalue weighted by molar-refractivity contribution is -0.119. The number of amides is 1. The highest BCUT2D eigenvalue weighted by Crippen LogP contribution is 2.29. The lowest BCUT2D eigenvalue weighted by atomic mass is 10.0. The van der Waals surface area contributed by atoms with Crippen LogP contribution in [0.2, 0.25) is 0 Å². The van der Waals surface area contributed by atoms with Gasteiger partial charge in [0, 0.05) is 11.9 Å². The maximum atomic E-state index is 11.7. The number of hydrogen-bond donors (Lipinski definition) is 2. The quantitative estimate of drug-likeness (QED) is 0.754. The van der Waals surface area contributed by atoms with Gasteiger partial charge in [0.1, 0.15) is 5.54 Å². The number of aliphatic hydroxyl groups excluding tert-OH is 1. The van der Waals surface area contributed by atoms with Crippen LogP contribution in [0.15, 0.2) is 0 Å². The molecule has 0 radical (unpaired) electrons. The number of nitrogens with one attached hydrogen (secondary N) is 1. The molecule has 1 aliphatic rings. The van der Waals surface area contributed by atoms with E-state index in [-0.39, 0.29) is 17.8 Å². The Labute approximate surface area is 107 Å². The number of carbonyl (C=O) groups is 1. The zero-order valence-corrected chi connectivity index (χ0v) is 11.1. The number of aliphatic hydroxyl groups is 1. The van der Waals surface area contributed by atoms with Crippen molar-refractivity contribution in [3.8, 4) is 6.07 Å². The average molecular weight is 256 g/mol. The summed E-state index contributed by atoms with van der Waals surface area (Å²) < 4.78 is 0. The topological polar surface area (TPSA) is 73.1 Å². The minimum atomic E-state index is -0.613. The van der Waals surface area contributed by atoms with E-state index in [9.17, 15) is 4.79 Å². The third kappa shape index (κ3) is 4.57. The van der Waals surface area contributed by atoms with Crippen molar-refractivity contribution < 1.29 is 9.90 Å². The Kier molecular flexibility index (Phi) is 5.79. The van der Waals surface area contributed by atoms with Gasteiger partial charge in [-0.15, -0.1) is 11.8 Å². The fourth-order valence-electron chi connectivity index (χ4n) is 2.03. The summed E-state index contributed by atoms with van der Waals surface area (Å²) in [6.07, 6.45) is 4.27. The molecule has 0 aromatic heterocycles. The minimum Gasteiger partial charge on any atom is -0.396 e. The van der Waals surface area contributed by atoms with Crippen LogP contribution in [0.3, 0.4) is 0 Å². The molecule has 2 N–H and O–H groups in total. The zero-order chi connectivity index (χ0) is 12.7. The number of hydrogen-bond acceptors (Lipinski definition) is 4. The molecule has 1 atom stereocenters. The first-order valence-corrected chi connectivity index (χ1v) is 7.11. The van der Waals surface area contributed by atoms with Gasteiger partial charge in [0.2, 0.25) is 5.91 Å². The number of carbonyl (C=O) groups excluding carboxylic acids is 1. The first-order valence-electron chi connectivity index (χ1n) is 6.06. The predicted octanol–water partition coefficient (Wildman–Crippen LogP) is 1.44. The van der Waals surface area contributed by atoms with Crippen LogP contribution in [0, 0.1) is 11.3 Å². The van der Waals surface area contributed by atoms with Crippen LogP contribution < -0.4 is 5.32 Å². The maximum Gasteiger partial charge on any atom is 0.231 e. The molecule has 1 rings (SSSR count). The lowest BCUT2D eigenvalue weighted by Crippen LogP contribution is -2.46. The van der Waals surface area contributed by atoms with Gasteiger partial charge in [-0.25, -0.2) is 0 Å². The molecular formula is C12H20N2O2S. The largest absolute Gasteiger partial charge is 0.396 e. The maximum absolute atomic E-state index is 11.7. The van der Waals surface area contributed by atoms with Gasteiger partial charge in [0.05, 0.1) is 11.8 Å². The highest BCUT2D eigenvalue weighted by Gasteiger charge is 2.35. The van der Waals surface area contributed by atoms with Gasteiger partial charge in [0.15, 0.2) is 0 Å². The molecule has 0 aromatic rings. The second-order valence-corrected chi connectivity index (χ2v) is 6.01. The molecule has 4 nitrogen and oxygen atoms in total. The Balaban J connectivity index is 2.31. The summed E-state index contributed by atoms with van der Waals surface area (Å²) >= 11 is 1.52. The summed E-state index contributed by atoms with van der Waals surface area (Å²) in [4.78, 5) is 11.7. The van der Waals surface area contributed by atoms with E-state index < -0.39 is 5.54 Å². The van der Waals surface area contributed by atoms with E-state index >= 15 is 0 Å².